The molecule has 2 rings (SSSR count). The van der Waals surface area contributed by atoms with E-state index in [9.17, 15) is 21.6 Å². The molecule has 1 aliphatic rings. The highest BCUT2D eigenvalue weighted by Gasteiger charge is 2.41. The zero-order chi connectivity index (χ0) is 19.0. The highest BCUT2D eigenvalue weighted by Crippen LogP contribution is 2.30. The number of nitrogens with zero attached hydrogens (tertiary/aromatic N) is 1. The van der Waals surface area contributed by atoms with Gasteiger partial charge in [-0.3, -0.25) is 0 Å². The summed E-state index contributed by atoms with van der Waals surface area (Å²) in [5, 5.41) is 9.15. The molecule has 0 saturated carbocycles. The third-order valence-corrected chi connectivity index (χ3v) is 8.54. The first kappa shape index (κ1) is 19.9. The summed E-state index contributed by atoms with van der Waals surface area (Å²) < 4.78 is 51.4. The van der Waals surface area contributed by atoms with Crippen LogP contribution in [0.3, 0.4) is 0 Å². The summed E-state index contributed by atoms with van der Waals surface area (Å²) in [5.41, 5.74) is 0.312. The lowest BCUT2D eigenvalue weighted by molar-refractivity contribution is 0.0696. The average molecular weight is 389 g/mol. The van der Waals surface area contributed by atoms with E-state index in [-0.39, 0.29) is 28.4 Å². The molecule has 0 bridgehead atoms. The number of sulfonamides is 1. The van der Waals surface area contributed by atoms with Crippen molar-refractivity contribution < 1.29 is 26.7 Å². The molecule has 0 unspecified atom stereocenters. The molecule has 7 nitrogen and oxygen atoms in total. The number of benzene rings is 1. The minimum absolute atomic E-state index is 0.0335. The normalized spacial score (nSPS) is 21.4. The molecule has 0 aromatic heterocycles. The molecule has 1 aliphatic heterocycles. The highest BCUT2D eigenvalue weighted by atomic mass is 32.2. The van der Waals surface area contributed by atoms with E-state index < -0.39 is 37.9 Å². The van der Waals surface area contributed by atoms with Gasteiger partial charge in [-0.05, 0) is 44.4 Å². The number of rotatable bonds is 6. The van der Waals surface area contributed by atoms with Crippen LogP contribution in [-0.2, 0) is 19.9 Å². The predicted molar refractivity (Wildman–Crippen MR) is 94.0 cm³/mol. The van der Waals surface area contributed by atoms with Crippen LogP contribution in [0.25, 0.3) is 0 Å². The minimum Gasteiger partial charge on any atom is -0.478 e. The molecule has 25 heavy (non-hydrogen) atoms. The molecule has 1 saturated heterocycles. The monoisotopic (exact) mass is 389 g/mol. The second-order valence-electron chi connectivity index (χ2n) is 6.43. The van der Waals surface area contributed by atoms with Gasteiger partial charge in [-0.2, -0.15) is 4.31 Å². The van der Waals surface area contributed by atoms with E-state index in [0.717, 1.165) is 6.07 Å². The Morgan fingerprint density at radius 3 is 2.52 bits per heavy atom. The van der Waals surface area contributed by atoms with Crippen LogP contribution in [0.4, 0.5) is 0 Å². The summed E-state index contributed by atoms with van der Waals surface area (Å²) >= 11 is 0. The first-order valence-electron chi connectivity index (χ1n) is 8.07. The third kappa shape index (κ3) is 4.04. The standard InChI is InChI=1S/C16H23NO6S2/c1-4-12(3)17(14-7-8-24(20,21)10-14)25(22,23)15-9-13(16(18)19)6-5-11(15)2/h5-6,9,12,14H,4,7-8,10H2,1-3H3,(H,18,19)/t12-,14+/m1/s1. The van der Waals surface area contributed by atoms with Crippen molar-refractivity contribution in [2.75, 3.05) is 11.5 Å². The fraction of sp³-hybridized carbons (Fsp3) is 0.562. The van der Waals surface area contributed by atoms with Gasteiger partial charge in [0.2, 0.25) is 10.0 Å². The zero-order valence-corrected chi connectivity index (χ0v) is 16.1. The smallest absolute Gasteiger partial charge is 0.335 e. The Balaban J connectivity index is 2.56. The zero-order valence-electron chi connectivity index (χ0n) is 14.5. The van der Waals surface area contributed by atoms with Gasteiger partial charge in [-0.25, -0.2) is 21.6 Å². The van der Waals surface area contributed by atoms with Crippen molar-refractivity contribution in [3.8, 4) is 0 Å². The number of carboxylic acids is 1. The van der Waals surface area contributed by atoms with Gasteiger partial charge in [0.15, 0.2) is 9.84 Å². The molecule has 0 radical (unpaired) electrons. The maximum atomic E-state index is 13.3. The Morgan fingerprint density at radius 1 is 1.40 bits per heavy atom. The van der Waals surface area contributed by atoms with E-state index in [4.69, 9.17) is 5.11 Å². The van der Waals surface area contributed by atoms with Gasteiger partial charge >= 0.3 is 5.97 Å². The Morgan fingerprint density at radius 2 is 2.04 bits per heavy atom. The lowest BCUT2D eigenvalue weighted by atomic mass is 10.1. The van der Waals surface area contributed by atoms with Gasteiger partial charge in [0.25, 0.3) is 0 Å². The van der Waals surface area contributed by atoms with Crippen molar-refractivity contribution in [3.63, 3.8) is 0 Å². The van der Waals surface area contributed by atoms with Crippen LogP contribution in [0.5, 0.6) is 0 Å². The molecule has 2 atom stereocenters. The van der Waals surface area contributed by atoms with E-state index >= 15 is 0 Å². The number of aryl methyl sites for hydroxylation is 1. The largest absolute Gasteiger partial charge is 0.478 e. The van der Waals surface area contributed by atoms with Crippen LogP contribution in [0.2, 0.25) is 0 Å². The molecule has 1 fully saturated rings. The van der Waals surface area contributed by atoms with Crippen LogP contribution < -0.4 is 0 Å². The molecule has 1 aromatic rings. The molecule has 1 N–H and O–H groups in total. The topological polar surface area (TPSA) is 109 Å². The van der Waals surface area contributed by atoms with Gasteiger partial charge in [-0.1, -0.05) is 13.0 Å². The number of carbonyl (C=O) groups is 1. The number of carboxylic acid groups (broad SMARTS) is 1. The van der Waals surface area contributed by atoms with Crippen LogP contribution in [0.1, 0.15) is 42.6 Å². The van der Waals surface area contributed by atoms with E-state index in [1.165, 1.54) is 16.4 Å². The summed E-state index contributed by atoms with van der Waals surface area (Å²) in [5.74, 6) is -1.45. The molecular formula is C16H23NO6S2. The number of aromatic carboxylic acids is 1. The third-order valence-electron chi connectivity index (χ3n) is 4.58. The van der Waals surface area contributed by atoms with Gasteiger partial charge in [0, 0.05) is 12.1 Å². The van der Waals surface area contributed by atoms with E-state index in [0.29, 0.717) is 12.0 Å². The first-order valence-corrected chi connectivity index (χ1v) is 11.3. The molecular weight excluding hydrogens is 366 g/mol. The summed E-state index contributed by atoms with van der Waals surface area (Å²) in [6.07, 6.45) is 0.775. The summed E-state index contributed by atoms with van der Waals surface area (Å²) in [7, 11) is -7.28. The Kier molecular flexibility index (Phi) is 5.60. The van der Waals surface area contributed by atoms with E-state index in [2.05, 4.69) is 0 Å². The molecule has 0 amide bonds. The second-order valence-corrected chi connectivity index (χ2v) is 10.5. The lowest BCUT2D eigenvalue weighted by Gasteiger charge is -2.33. The Labute approximate surface area is 148 Å². The first-order chi connectivity index (χ1) is 11.5. The Hall–Kier alpha value is -1.45. The molecule has 0 aliphatic carbocycles. The second kappa shape index (κ2) is 7.05. The lowest BCUT2D eigenvalue weighted by Crippen LogP contribution is -2.46. The van der Waals surface area contributed by atoms with E-state index in [1.807, 2.05) is 6.92 Å². The minimum atomic E-state index is -4.03. The number of sulfone groups is 1. The summed E-state index contributed by atoms with van der Waals surface area (Å²) in [6.45, 7) is 5.16. The van der Waals surface area contributed by atoms with Crippen LogP contribution in [-0.4, -0.2) is 55.8 Å². The number of hydrogen-bond donors (Lipinski definition) is 1. The predicted octanol–water partition coefficient (Wildman–Crippen LogP) is 1.67. The molecule has 140 valence electrons. The SMILES string of the molecule is CC[C@@H](C)N([C@H]1CCS(=O)(=O)C1)S(=O)(=O)c1cc(C(=O)O)ccc1C. The van der Waals surface area contributed by atoms with Gasteiger partial charge in [0.05, 0.1) is 22.0 Å². The highest BCUT2D eigenvalue weighted by molar-refractivity contribution is 7.92. The van der Waals surface area contributed by atoms with Crippen molar-refractivity contribution in [3.05, 3.63) is 29.3 Å². The fourth-order valence-corrected chi connectivity index (χ4v) is 7.05. The van der Waals surface area contributed by atoms with Crippen molar-refractivity contribution >= 4 is 25.8 Å². The van der Waals surface area contributed by atoms with Gasteiger partial charge < -0.3 is 5.11 Å². The van der Waals surface area contributed by atoms with Crippen molar-refractivity contribution in [2.45, 2.75) is 50.6 Å². The fourth-order valence-electron chi connectivity index (χ4n) is 3.07. The quantitative estimate of drug-likeness (QED) is 0.793. The van der Waals surface area contributed by atoms with Crippen LogP contribution in [0, 0.1) is 6.92 Å². The molecule has 1 aromatic carbocycles. The molecule has 1 heterocycles. The Bertz CT molecular complexity index is 876. The van der Waals surface area contributed by atoms with Gasteiger partial charge in [0.1, 0.15) is 0 Å². The van der Waals surface area contributed by atoms with Crippen LogP contribution >= 0.6 is 0 Å². The molecule has 9 heteroatoms. The number of hydrogen-bond acceptors (Lipinski definition) is 5. The van der Waals surface area contributed by atoms with Crippen molar-refractivity contribution in [2.24, 2.45) is 0 Å². The maximum Gasteiger partial charge on any atom is 0.335 e. The van der Waals surface area contributed by atoms with E-state index in [1.54, 1.807) is 13.8 Å². The van der Waals surface area contributed by atoms with Crippen molar-refractivity contribution in [1.82, 2.24) is 4.31 Å². The van der Waals surface area contributed by atoms with Crippen molar-refractivity contribution in [1.29, 1.82) is 0 Å². The molecule has 0 spiro atoms. The maximum absolute atomic E-state index is 13.3. The average Bonchev–Trinajstić information content (AvgIpc) is 2.86. The van der Waals surface area contributed by atoms with Gasteiger partial charge in [-0.15, -0.1) is 0 Å². The summed E-state index contributed by atoms with van der Waals surface area (Å²) in [4.78, 5) is 11.1. The summed E-state index contributed by atoms with van der Waals surface area (Å²) in [6, 6.07) is 2.93. The van der Waals surface area contributed by atoms with Crippen LogP contribution in [0.15, 0.2) is 23.1 Å².